The lowest BCUT2D eigenvalue weighted by molar-refractivity contribution is -0.117. The quantitative estimate of drug-likeness (QED) is 0.407. The Balaban J connectivity index is 2.61. The predicted molar refractivity (Wildman–Crippen MR) is 122 cm³/mol. The van der Waals surface area contributed by atoms with E-state index in [0.29, 0.717) is 35.7 Å². The molecule has 1 saturated heterocycles. The molecule has 0 bridgehead atoms. The molecular weight excluding hydrogens is 407 g/mol. The molecule has 164 valence electrons. The fourth-order valence-corrected chi connectivity index (χ4v) is 3.63. The summed E-state index contributed by atoms with van der Waals surface area (Å²) in [5, 5.41) is 5.98. The van der Waals surface area contributed by atoms with Crippen LogP contribution in [0.25, 0.3) is 5.57 Å². The number of halogens is 2. The van der Waals surface area contributed by atoms with Crippen molar-refractivity contribution in [3.63, 3.8) is 0 Å². The van der Waals surface area contributed by atoms with Gasteiger partial charge in [0.05, 0.1) is 5.69 Å². The van der Waals surface area contributed by atoms with Crippen molar-refractivity contribution in [2.45, 2.75) is 39.6 Å². The SMILES string of the molecule is C=CN=C(NC(C)=O)/C(=C(\C)c1cc(F)cc(N2CCN[C@@H](C)C2)n1)C(C)C(F)P. The molecule has 2 rings (SSSR count). The lowest BCUT2D eigenvalue weighted by Gasteiger charge is -2.33. The number of aliphatic imine (C=N–C) groups is 1. The Hall–Kier alpha value is -2.18. The number of hydrogen-bond acceptors (Lipinski definition) is 5. The van der Waals surface area contributed by atoms with Crippen LogP contribution >= 0.6 is 9.24 Å². The average Bonchev–Trinajstić information content (AvgIpc) is 2.67. The van der Waals surface area contributed by atoms with Crippen LogP contribution < -0.4 is 15.5 Å². The number of piperazine rings is 1. The Bertz CT molecular complexity index is 856. The molecule has 6 nitrogen and oxygen atoms in total. The molecule has 30 heavy (non-hydrogen) atoms. The van der Waals surface area contributed by atoms with E-state index in [1.807, 2.05) is 4.90 Å². The Kier molecular flexibility index (Phi) is 8.62. The first kappa shape index (κ1) is 24.1. The number of rotatable bonds is 6. The molecule has 0 aliphatic carbocycles. The maximum absolute atomic E-state index is 14.5. The van der Waals surface area contributed by atoms with E-state index >= 15 is 0 Å². The van der Waals surface area contributed by atoms with E-state index in [1.54, 1.807) is 13.8 Å². The van der Waals surface area contributed by atoms with Gasteiger partial charge in [-0.2, -0.15) is 0 Å². The van der Waals surface area contributed by atoms with Gasteiger partial charge < -0.3 is 15.5 Å². The molecule has 0 spiro atoms. The third-order valence-corrected chi connectivity index (χ3v) is 5.54. The van der Waals surface area contributed by atoms with Gasteiger partial charge in [-0.1, -0.05) is 13.5 Å². The number of carbonyl (C=O) groups excluding carboxylic acids is 1. The van der Waals surface area contributed by atoms with E-state index in [1.165, 1.54) is 25.3 Å². The van der Waals surface area contributed by atoms with Gasteiger partial charge in [0.15, 0.2) is 0 Å². The van der Waals surface area contributed by atoms with Gasteiger partial charge >= 0.3 is 0 Å². The van der Waals surface area contributed by atoms with Crippen molar-refractivity contribution < 1.29 is 13.6 Å². The van der Waals surface area contributed by atoms with Crippen LogP contribution in [0.5, 0.6) is 0 Å². The molecule has 0 radical (unpaired) electrons. The molecule has 2 heterocycles. The van der Waals surface area contributed by atoms with Gasteiger partial charge in [0.25, 0.3) is 0 Å². The van der Waals surface area contributed by atoms with Crippen LogP contribution in [-0.4, -0.2) is 48.3 Å². The summed E-state index contributed by atoms with van der Waals surface area (Å²) < 4.78 is 28.8. The first-order valence-electron chi connectivity index (χ1n) is 9.87. The van der Waals surface area contributed by atoms with Crippen LogP contribution in [0.2, 0.25) is 0 Å². The minimum absolute atomic E-state index is 0.177. The molecule has 1 aromatic rings. The van der Waals surface area contributed by atoms with Crippen LogP contribution in [0.3, 0.4) is 0 Å². The highest BCUT2D eigenvalue weighted by Gasteiger charge is 2.26. The van der Waals surface area contributed by atoms with Gasteiger partial charge in [-0.25, -0.2) is 18.8 Å². The molecule has 3 unspecified atom stereocenters. The summed E-state index contributed by atoms with van der Waals surface area (Å²) in [7, 11) is 2.11. The highest BCUT2D eigenvalue weighted by molar-refractivity contribution is 7.17. The number of amidine groups is 1. The zero-order valence-electron chi connectivity index (χ0n) is 17.9. The number of alkyl halides is 1. The van der Waals surface area contributed by atoms with Crippen LogP contribution in [0.4, 0.5) is 14.6 Å². The summed E-state index contributed by atoms with van der Waals surface area (Å²) in [5.41, 5.74) is 1.34. The summed E-state index contributed by atoms with van der Waals surface area (Å²) in [6.07, 6.45) is 1.27. The van der Waals surface area contributed by atoms with Gasteiger partial charge in [-0.15, -0.1) is 9.24 Å². The maximum atomic E-state index is 14.5. The highest BCUT2D eigenvalue weighted by atomic mass is 31.0. The Morgan fingerprint density at radius 1 is 1.50 bits per heavy atom. The van der Waals surface area contributed by atoms with E-state index < -0.39 is 17.6 Å². The fourth-order valence-electron chi connectivity index (χ4n) is 3.44. The Morgan fingerprint density at radius 2 is 2.20 bits per heavy atom. The van der Waals surface area contributed by atoms with Crippen molar-refractivity contribution in [3.05, 3.63) is 42.0 Å². The van der Waals surface area contributed by atoms with Gasteiger partial charge in [0.2, 0.25) is 5.91 Å². The second-order valence-corrected chi connectivity index (χ2v) is 8.08. The maximum Gasteiger partial charge on any atom is 0.222 e. The number of amides is 1. The zero-order chi connectivity index (χ0) is 22.4. The van der Waals surface area contributed by atoms with Crippen molar-refractivity contribution in [1.29, 1.82) is 0 Å². The fraction of sp³-hybridized carbons (Fsp3) is 0.476. The summed E-state index contributed by atoms with van der Waals surface area (Å²) in [6.45, 7) is 12.6. The highest BCUT2D eigenvalue weighted by Crippen LogP contribution is 2.31. The molecule has 1 aliphatic rings. The van der Waals surface area contributed by atoms with Crippen molar-refractivity contribution in [3.8, 4) is 0 Å². The molecule has 9 heteroatoms. The third kappa shape index (κ3) is 6.16. The molecule has 0 aromatic carbocycles. The number of aromatic nitrogens is 1. The standard InChI is InChI=1S/C21H30F2N5OP/c1-6-24-21(26-15(5)29)19(14(4)20(23)30)13(3)17-9-16(22)10-18(27-17)28-8-7-25-12(2)11-28/h6,9-10,12,14,20,25H,1,7-8,11,30H2,2-5H3,(H,24,26,29)/b19-13+/t12-,14?,20?/m0/s1. The molecule has 0 saturated carbocycles. The largest absolute Gasteiger partial charge is 0.354 e. The number of allylic oxidation sites excluding steroid dienone is 1. The topological polar surface area (TPSA) is 69.6 Å². The predicted octanol–water partition coefficient (Wildman–Crippen LogP) is 3.28. The molecule has 4 atom stereocenters. The number of anilines is 1. The van der Waals surface area contributed by atoms with Gasteiger partial charge in [0.1, 0.15) is 23.4 Å². The van der Waals surface area contributed by atoms with Crippen LogP contribution in [0.1, 0.15) is 33.4 Å². The lowest BCUT2D eigenvalue weighted by Crippen LogP contribution is -2.49. The molecule has 1 amide bonds. The van der Waals surface area contributed by atoms with E-state index in [2.05, 4.69) is 43.4 Å². The first-order chi connectivity index (χ1) is 14.1. The molecule has 1 aliphatic heterocycles. The van der Waals surface area contributed by atoms with Gasteiger partial charge in [-0.3, -0.25) is 4.79 Å². The smallest absolute Gasteiger partial charge is 0.222 e. The average molecular weight is 437 g/mol. The summed E-state index contributed by atoms with van der Waals surface area (Å²) in [6, 6.07) is 2.97. The van der Waals surface area contributed by atoms with E-state index in [4.69, 9.17) is 0 Å². The van der Waals surface area contributed by atoms with E-state index in [-0.39, 0.29) is 17.8 Å². The van der Waals surface area contributed by atoms with Crippen molar-refractivity contribution in [2.24, 2.45) is 10.9 Å². The number of carbonyl (C=O) groups is 1. The van der Waals surface area contributed by atoms with Crippen molar-refractivity contribution in [1.82, 2.24) is 15.6 Å². The number of nitrogens with one attached hydrogen (secondary N) is 2. The third-order valence-electron chi connectivity index (χ3n) is 4.96. The molecule has 2 N–H and O–H groups in total. The second kappa shape index (κ2) is 10.7. The minimum atomic E-state index is -1.30. The number of hydrogen-bond donors (Lipinski definition) is 2. The summed E-state index contributed by atoms with van der Waals surface area (Å²) >= 11 is 0. The molecule has 1 aromatic heterocycles. The van der Waals surface area contributed by atoms with E-state index in [9.17, 15) is 13.6 Å². The normalized spacial score (nSPS) is 20.3. The molecule has 1 fully saturated rings. The molecular formula is C21H30F2N5OP. The second-order valence-electron chi connectivity index (χ2n) is 7.44. The van der Waals surface area contributed by atoms with Crippen LogP contribution in [0.15, 0.2) is 35.5 Å². The van der Waals surface area contributed by atoms with Gasteiger partial charge in [0, 0.05) is 56.4 Å². The summed E-state index contributed by atoms with van der Waals surface area (Å²) in [5.74, 6) is -2.04. The zero-order valence-corrected chi connectivity index (χ0v) is 19.0. The monoisotopic (exact) mass is 437 g/mol. The summed E-state index contributed by atoms with van der Waals surface area (Å²) in [4.78, 5) is 22.5. The van der Waals surface area contributed by atoms with Crippen LogP contribution in [0, 0.1) is 11.7 Å². The lowest BCUT2D eigenvalue weighted by atomic mass is 9.93. The van der Waals surface area contributed by atoms with Crippen LogP contribution in [-0.2, 0) is 4.79 Å². The number of nitrogens with zero attached hydrogens (tertiary/aromatic N) is 3. The van der Waals surface area contributed by atoms with Gasteiger partial charge in [-0.05, 0) is 25.5 Å². The Labute approximate surface area is 179 Å². The van der Waals surface area contributed by atoms with Crippen molar-refractivity contribution in [2.75, 3.05) is 24.5 Å². The number of pyridine rings is 1. The van der Waals surface area contributed by atoms with Crippen molar-refractivity contribution >= 4 is 32.4 Å². The first-order valence-corrected chi connectivity index (χ1v) is 10.5. The minimum Gasteiger partial charge on any atom is -0.354 e. The Morgan fingerprint density at radius 3 is 2.77 bits per heavy atom. The van der Waals surface area contributed by atoms with E-state index in [0.717, 1.165) is 6.54 Å².